The minimum atomic E-state index is -0.471. The van der Waals surface area contributed by atoms with Crippen LogP contribution in [0.5, 0.6) is 5.75 Å². The zero-order chi connectivity index (χ0) is 17.6. The van der Waals surface area contributed by atoms with Crippen molar-refractivity contribution in [3.8, 4) is 5.75 Å². The Hall–Kier alpha value is -3.41. The van der Waals surface area contributed by atoms with Gasteiger partial charge in [-0.3, -0.25) is 14.9 Å². The van der Waals surface area contributed by atoms with Crippen LogP contribution in [0, 0.1) is 10.1 Å². The van der Waals surface area contributed by atoms with E-state index in [0.717, 1.165) is 16.5 Å². The summed E-state index contributed by atoms with van der Waals surface area (Å²) in [7, 11) is 0. The van der Waals surface area contributed by atoms with Crippen LogP contribution in [-0.4, -0.2) is 17.4 Å². The molecular weight excluding hydrogens is 320 g/mol. The molecule has 6 heteroatoms. The Balaban J connectivity index is 1.55. The van der Waals surface area contributed by atoms with Crippen LogP contribution in [-0.2, 0) is 4.79 Å². The van der Waals surface area contributed by atoms with E-state index < -0.39 is 4.92 Å². The van der Waals surface area contributed by atoms with Crippen LogP contribution < -0.4 is 10.1 Å². The van der Waals surface area contributed by atoms with E-state index in [2.05, 4.69) is 5.32 Å². The molecule has 0 atom stereocenters. The third-order valence-corrected chi connectivity index (χ3v) is 3.71. The summed E-state index contributed by atoms with van der Waals surface area (Å²) in [5.74, 6) is 0.335. The molecule has 126 valence electrons. The van der Waals surface area contributed by atoms with Gasteiger partial charge in [-0.2, -0.15) is 0 Å². The van der Waals surface area contributed by atoms with Gasteiger partial charge in [-0.05, 0) is 23.6 Å². The van der Waals surface area contributed by atoms with Crippen molar-refractivity contribution in [2.24, 2.45) is 0 Å². The Morgan fingerprint density at radius 2 is 1.72 bits per heavy atom. The molecule has 0 spiro atoms. The molecule has 0 aliphatic rings. The molecule has 1 N–H and O–H groups in total. The fourth-order valence-corrected chi connectivity index (χ4v) is 2.47. The minimum Gasteiger partial charge on any atom is -0.493 e. The Morgan fingerprint density at radius 1 is 1.00 bits per heavy atom. The SMILES string of the molecule is O=C(CCOc1ccc([N+](=O)[O-])cc1)Nc1cccc2ccccc12. The van der Waals surface area contributed by atoms with Crippen molar-refractivity contribution in [2.75, 3.05) is 11.9 Å². The van der Waals surface area contributed by atoms with E-state index in [9.17, 15) is 14.9 Å². The van der Waals surface area contributed by atoms with E-state index in [1.807, 2.05) is 42.5 Å². The number of hydrogen-bond donors (Lipinski definition) is 1. The summed E-state index contributed by atoms with van der Waals surface area (Å²) in [5, 5.41) is 15.5. The van der Waals surface area contributed by atoms with Crippen LogP contribution in [0.3, 0.4) is 0 Å². The van der Waals surface area contributed by atoms with E-state index >= 15 is 0 Å². The molecule has 3 rings (SSSR count). The number of nitrogens with zero attached hydrogens (tertiary/aromatic N) is 1. The lowest BCUT2D eigenvalue weighted by molar-refractivity contribution is -0.384. The second kappa shape index (κ2) is 7.44. The predicted molar refractivity (Wildman–Crippen MR) is 95.8 cm³/mol. The molecule has 6 nitrogen and oxygen atoms in total. The number of rotatable bonds is 6. The van der Waals surface area contributed by atoms with E-state index in [1.54, 1.807) is 0 Å². The Labute approximate surface area is 144 Å². The van der Waals surface area contributed by atoms with Gasteiger partial charge in [0.05, 0.1) is 18.0 Å². The summed E-state index contributed by atoms with van der Waals surface area (Å²) >= 11 is 0. The number of nitrogens with one attached hydrogen (secondary N) is 1. The van der Waals surface area contributed by atoms with Crippen LogP contribution in [0.25, 0.3) is 10.8 Å². The molecule has 3 aromatic carbocycles. The van der Waals surface area contributed by atoms with Gasteiger partial charge in [0.1, 0.15) is 5.75 Å². The monoisotopic (exact) mass is 336 g/mol. The van der Waals surface area contributed by atoms with Gasteiger partial charge in [0.2, 0.25) is 5.91 Å². The maximum absolute atomic E-state index is 12.1. The molecule has 0 saturated carbocycles. The van der Waals surface area contributed by atoms with Crippen molar-refractivity contribution in [2.45, 2.75) is 6.42 Å². The number of benzene rings is 3. The number of fused-ring (bicyclic) bond motifs is 1. The zero-order valence-electron chi connectivity index (χ0n) is 13.3. The average Bonchev–Trinajstić information content (AvgIpc) is 2.62. The van der Waals surface area contributed by atoms with E-state index in [1.165, 1.54) is 24.3 Å². The summed E-state index contributed by atoms with van der Waals surface area (Å²) in [6.45, 7) is 0.189. The van der Waals surface area contributed by atoms with Crippen LogP contribution in [0.15, 0.2) is 66.7 Å². The Bertz CT molecular complexity index is 901. The lowest BCUT2D eigenvalue weighted by Gasteiger charge is -2.09. The second-order valence-corrected chi connectivity index (χ2v) is 5.42. The maximum atomic E-state index is 12.1. The number of ether oxygens (including phenoxy) is 1. The number of carbonyl (C=O) groups excluding carboxylic acids is 1. The highest BCUT2D eigenvalue weighted by Crippen LogP contribution is 2.23. The van der Waals surface area contributed by atoms with Crippen molar-refractivity contribution < 1.29 is 14.5 Å². The van der Waals surface area contributed by atoms with Crippen LogP contribution in [0.4, 0.5) is 11.4 Å². The first-order valence-electron chi connectivity index (χ1n) is 7.78. The van der Waals surface area contributed by atoms with Crippen molar-refractivity contribution >= 4 is 28.1 Å². The number of carbonyl (C=O) groups is 1. The fraction of sp³-hybridized carbons (Fsp3) is 0.105. The molecule has 0 bridgehead atoms. The Morgan fingerprint density at radius 3 is 2.48 bits per heavy atom. The molecule has 0 aromatic heterocycles. The van der Waals surface area contributed by atoms with Crippen molar-refractivity contribution in [3.05, 3.63) is 76.8 Å². The van der Waals surface area contributed by atoms with Crippen molar-refractivity contribution in [3.63, 3.8) is 0 Å². The third-order valence-electron chi connectivity index (χ3n) is 3.71. The normalized spacial score (nSPS) is 10.4. The highest BCUT2D eigenvalue weighted by atomic mass is 16.6. The molecule has 0 saturated heterocycles. The van der Waals surface area contributed by atoms with Crippen LogP contribution in [0.1, 0.15) is 6.42 Å². The van der Waals surface area contributed by atoms with Gasteiger partial charge in [0, 0.05) is 23.2 Å². The number of hydrogen-bond acceptors (Lipinski definition) is 4. The number of nitro groups is 1. The third kappa shape index (κ3) is 4.11. The number of anilines is 1. The quantitative estimate of drug-likeness (QED) is 0.541. The fourth-order valence-electron chi connectivity index (χ4n) is 2.47. The molecule has 0 aliphatic heterocycles. The molecule has 0 fully saturated rings. The van der Waals surface area contributed by atoms with Gasteiger partial charge in [-0.1, -0.05) is 36.4 Å². The van der Waals surface area contributed by atoms with E-state index in [0.29, 0.717) is 5.75 Å². The molecule has 25 heavy (non-hydrogen) atoms. The van der Waals surface area contributed by atoms with Gasteiger partial charge in [0.15, 0.2) is 0 Å². The first-order chi connectivity index (χ1) is 12.1. The molecule has 0 radical (unpaired) electrons. The van der Waals surface area contributed by atoms with Gasteiger partial charge in [-0.15, -0.1) is 0 Å². The summed E-state index contributed by atoms with van der Waals surface area (Å²) in [6.07, 6.45) is 0.181. The standard InChI is InChI=1S/C19H16N2O4/c22-19(12-13-25-16-10-8-15(9-11-16)21(23)24)20-18-7-3-5-14-4-1-2-6-17(14)18/h1-11H,12-13H2,(H,20,22). The number of nitro benzene ring substituents is 1. The maximum Gasteiger partial charge on any atom is 0.269 e. The molecule has 0 heterocycles. The lowest BCUT2D eigenvalue weighted by atomic mass is 10.1. The molecule has 0 unspecified atom stereocenters. The zero-order valence-corrected chi connectivity index (χ0v) is 13.3. The first-order valence-corrected chi connectivity index (χ1v) is 7.78. The summed E-state index contributed by atoms with van der Waals surface area (Å²) < 4.78 is 5.45. The van der Waals surface area contributed by atoms with Crippen LogP contribution >= 0.6 is 0 Å². The van der Waals surface area contributed by atoms with Crippen molar-refractivity contribution in [1.29, 1.82) is 0 Å². The number of non-ortho nitro benzene ring substituents is 1. The molecule has 3 aromatic rings. The largest absolute Gasteiger partial charge is 0.493 e. The van der Waals surface area contributed by atoms with Crippen LogP contribution in [0.2, 0.25) is 0 Å². The van der Waals surface area contributed by atoms with Gasteiger partial charge in [-0.25, -0.2) is 0 Å². The topological polar surface area (TPSA) is 81.5 Å². The molecular formula is C19H16N2O4. The number of amides is 1. The summed E-state index contributed by atoms with van der Waals surface area (Å²) in [5.41, 5.74) is 0.763. The van der Waals surface area contributed by atoms with Crippen molar-refractivity contribution in [1.82, 2.24) is 0 Å². The van der Waals surface area contributed by atoms with E-state index in [-0.39, 0.29) is 24.6 Å². The first kappa shape index (κ1) is 16.4. The smallest absolute Gasteiger partial charge is 0.269 e. The van der Waals surface area contributed by atoms with E-state index in [4.69, 9.17) is 4.74 Å². The summed E-state index contributed by atoms with van der Waals surface area (Å²) in [4.78, 5) is 22.2. The Kier molecular flexibility index (Phi) is 4.89. The van der Waals surface area contributed by atoms with Gasteiger partial charge < -0.3 is 10.1 Å². The lowest BCUT2D eigenvalue weighted by Crippen LogP contribution is -2.15. The summed E-state index contributed by atoms with van der Waals surface area (Å²) in [6, 6.07) is 19.3. The van der Waals surface area contributed by atoms with Gasteiger partial charge >= 0.3 is 0 Å². The highest BCUT2D eigenvalue weighted by molar-refractivity contribution is 6.02. The minimum absolute atomic E-state index is 0.000971. The molecule has 1 amide bonds. The molecule has 0 aliphatic carbocycles. The average molecular weight is 336 g/mol. The van der Waals surface area contributed by atoms with Gasteiger partial charge in [0.25, 0.3) is 5.69 Å². The second-order valence-electron chi connectivity index (χ2n) is 5.42. The highest BCUT2D eigenvalue weighted by Gasteiger charge is 2.07. The predicted octanol–water partition coefficient (Wildman–Crippen LogP) is 4.16.